The average molecular weight is 389 g/mol. The molecule has 1 amide bonds. The number of anilines is 1. The van der Waals surface area contributed by atoms with Crippen molar-refractivity contribution in [2.24, 2.45) is 0 Å². The molecule has 1 heterocycles. The second-order valence-electron chi connectivity index (χ2n) is 6.18. The van der Waals surface area contributed by atoms with Gasteiger partial charge in [0.25, 0.3) is 0 Å². The van der Waals surface area contributed by atoms with Crippen LogP contribution in [0, 0.1) is 0 Å². The molecule has 0 saturated heterocycles. The van der Waals surface area contributed by atoms with Gasteiger partial charge in [-0.25, -0.2) is 4.68 Å². The van der Waals surface area contributed by atoms with E-state index in [9.17, 15) is 18.0 Å². The molecule has 1 aliphatic carbocycles. The third-order valence-electron chi connectivity index (χ3n) is 3.83. The zero-order chi connectivity index (χ0) is 18.9. The van der Waals surface area contributed by atoms with Gasteiger partial charge in [0.2, 0.25) is 5.91 Å². The zero-order valence-corrected chi connectivity index (χ0v) is 14.5. The van der Waals surface area contributed by atoms with Crippen molar-refractivity contribution in [3.05, 3.63) is 34.6 Å². The summed E-state index contributed by atoms with van der Waals surface area (Å²) in [5.74, 6) is 0.196. The summed E-state index contributed by atoms with van der Waals surface area (Å²) >= 11 is 5.56. The monoisotopic (exact) mass is 388 g/mol. The first-order valence-corrected chi connectivity index (χ1v) is 8.23. The number of carbonyl (C=O) groups excluding carboxylic acids is 1. The van der Waals surface area contributed by atoms with Crippen LogP contribution in [-0.2, 0) is 17.5 Å². The first-order valence-electron chi connectivity index (χ1n) is 7.86. The van der Waals surface area contributed by atoms with Crippen molar-refractivity contribution in [3.8, 4) is 0 Å². The summed E-state index contributed by atoms with van der Waals surface area (Å²) in [6, 6.07) is 3.56. The molecule has 1 saturated carbocycles. The van der Waals surface area contributed by atoms with Crippen LogP contribution in [0.1, 0.15) is 30.3 Å². The van der Waals surface area contributed by atoms with Crippen molar-refractivity contribution in [1.82, 2.24) is 25.1 Å². The van der Waals surface area contributed by atoms with Gasteiger partial charge in [-0.15, -0.1) is 5.10 Å². The maximum Gasteiger partial charge on any atom is 0.417 e. The van der Waals surface area contributed by atoms with Crippen LogP contribution < -0.4 is 5.32 Å². The lowest BCUT2D eigenvalue weighted by atomic mass is 10.2. The molecule has 2 aromatic rings. The SMILES string of the molecule is CN(CC(=O)Nc1ccc(Cl)c(C(F)(F)F)c1)Cc1nnnn1C1CC1. The molecule has 0 unspecified atom stereocenters. The molecule has 0 radical (unpaired) electrons. The summed E-state index contributed by atoms with van der Waals surface area (Å²) in [6.07, 6.45) is -2.53. The van der Waals surface area contributed by atoms with Gasteiger partial charge in [-0.1, -0.05) is 11.6 Å². The van der Waals surface area contributed by atoms with Crippen LogP contribution in [0.2, 0.25) is 5.02 Å². The molecule has 11 heteroatoms. The Labute approximate surface area is 152 Å². The van der Waals surface area contributed by atoms with Crippen molar-refractivity contribution in [1.29, 1.82) is 0 Å². The Balaban J connectivity index is 1.59. The third-order valence-corrected chi connectivity index (χ3v) is 4.16. The van der Waals surface area contributed by atoms with Gasteiger partial charge >= 0.3 is 6.18 Å². The number of nitrogens with zero attached hydrogens (tertiary/aromatic N) is 5. The summed E-state index contributed by atoms with van der Waals surface area (Å²) in [4.78, 5) is 13.8. The smallest absolute Gasteiger partial charge is 0.325 e. The second-order valence-corrected chi connectivity index (χ2v) is 6.59. The van der Waals surface area contributed by atoms with Gasteiger partial charge in [-0.3, -0.25) is 9.69 Å². The van der Waals surface area contributed by atoms with Crippen LogP contribution in [0.5, 0.6) is 0 Å². The highest BCUT2D eigenvalue weighted by atomic mass is 35.5. The summed E-state index contributed by atoms with van der Waals surface area (Å²) in [6.45, 7) is 0.326. The molecule has 0 aliphatic heterocycles. The fourth-order valence-corrected chi connectivity index (χ4v) is 2.71. The minimum Gasteiger partial charge on any atom is -0.325 e. The van der Waals surface area contributed by atoms with Crippen molar-refractivity contribution < 1.29 is 18.0 Å². The normalized spacial score (nSPS) is 14.7. The fourth-order valence-electron chi connectivity index (χ4n) is 2.48. The minimum absolute atomic E-state index is 0.0263. The van der Waals surface area contributed by atoms with Crippen LogP contribution >= 0.6 is 11.6 Å². The number of alkyl halides is 3. The average Bonchev–Trinajstić information content (AvgIpc) is 3.28. The molecule has 0 bridgehead atoms. The van der Waals surface area contributed by atoms with Gasteiger partial charge in [0.1, 0.15) is 0 Å². The summed E-state index contributed by atoms with van der Waals surface area (Å²) in [7, 11) is 1.70. The molecule has 1 aromatic carbocycles. The summed E-state index contributed by atoms with van der Waals surface area (Å²) in [5.41, 5.74) is -0.961. The van der Waals surface area contributed by atoms with E-state index in [0.717, 1.165) is 25.0 Å². The van der Waals surface area contributed by atoms with Crippen molar-refractivity contribution in [2.45, 2.75) is 31.6 Å². The number of aromatic nitrogens is 4. The van der Waals surface area contributed by atoms with E-state index in [1.165, 1.54) is 6.07 Å². The highest BCUT2D eigenvalue weighted by molar-refractivity contribution is 6.31. The number of amides is 1. The number of nitrogens with one attached hydrogen (secondary N) is 1. The van der Waals surface area contributed by atoms with Crippen molar-refractivity contribution in [2.75, 3.05) is 18.9 Å². The third kappa shape index (κ3) is 4.50. The Morgan fingerprint density at radius 1 is 1.42 bits per heavy atom. The van der Waals surface area contributed by atoms with Gasteiger partial charge in [0.05, 0.1) is 29.7 Å². The lowest BCUT2D eigenvalue weighted by Gasteiger charge is -2.16. The molecule has 1 N–H and O–H groups in total. The Hall–Kier alpha value is -2.20. The predicted molar refractivity (Wildman–Crippen MR) is 87.5 cm³/mol. The lowest BCUT2D eigenvalue weighted by Crippen LogP contribution is -2.31. The van der Waals surface area contributed by atoms with Crippen molar-refractivity contribution in [3.63, 3.8) is 0 Å². The number of halogens is 4. The van der Waals surface area contributed by atoms with Crippen LogP contribution in [0.15, 0.2) is 18.2 Å². The molecule has 1 fully saturated rings. The standard InChI is InChI=1S/C15H16ClF3N6O/c1-24(7-13-21-22-23-25(13)10-3-4-10)8-14(26)20-9-2-5-12(16)11(6-9)15(17,18)19/h2,5-6,10H,3-4,7-8H2,1H3,(H,20,26). The van der Waals surface area contributed by atoms with E-state index in [0.29, 0.717) is 18.4 Å². The highest BCUT2D eigenvalue weighted by Gasteiger charge is 2.33. The van der Waals surface area contributed by atoms with Gasteiger partial charge in [-0.2, -0.15) is 13.2 Å². The number of benzene rings is 1. The maximum absolute atomic E-state index is 12.9. The number of likely N-dealkylation sites (N-methyl/N-ethyl adjacent to an activating group) is 1. The summed E-state index contributed by atoms with van der Waals surface area (Å²) in [5, 5.41) is 13.5. The van der Waals surface area contributed by atoms with E-state index in [4.69, 9.17) is 11.6 Å². The highest BCUT2D eigenvalue weighted by Crippen LogP contribution is 2.36. The van der Waals surface area contributed by atoms with Gasteiger partial charge in [0, 0.05) is 5.69 Å². The van der Waals surface area contributed by atoms with Crippen LogP contribution in [0.4, 0.5) is 18.9 Å². The lowest BCUT2D eigenvalue weighted by molar-refractivity contribution is -0.137. The Kier molecular flexibility index (Phi) is 5.15. The number of hydrogen-bond acceptors (Lipinski definition) is 5. The second kappa shape index (κ2) is 7.20. The Morgan fingerprint density at radius 2 is 2.15 bits per heavy atom. The van der Waals surface area contributed by atoms with Gasteiger partial charge in [-0.05, 0) is 48.5 Å². The number of rotatable bonds is 6. The minimum atomic E-state index is -4.59. The fraction of sp³-hybridized carbons (Fsp3) is 0.467. The number of tetrazole rings is 1. The topological polar surface area (TPSA) is 75.9 Å². The molecular weight excluding hydrogens is 373 g/mol. The Bertz CT molecular complexity index is 805. The molecule has 7 nitrogen and oxygen atoms in total. The van der Waals surface area contributed by atoms with E-state index in [-0.39, 0.29) is 12.2 Å². The molecular formula is C15H16ClF3N6O. The van der Waals surface area contributed by atoms with E-state index >= 15 is 0 Å². The van der Waals surface area contributed by atoms with Crippen LogP contribution in [0.25, 0.3) is 0 Å². The van der Waals surface area contributed by atoms with Gasteiger partial charge < -0.3 is 5.32 Å². The molecule has 1 aliphatic rings. The molecule has 26 heavy (non-hydrogen) atoms. The summed E-state index contributed by atoms with van der Waals surface area (Å²) < 4.78 is 40.3. The van der Waals surface area contributed by atoms with E-state index < -0.39 is 22.7 Å². The van der Waals surface area contributed by atoms with Crippen LogP contribution in [-0.4, -0.2) is 44.6 Å². The molecule has 1 aromatic heterocycles. The van der Waals surface area contributed by atoms with E-state index in [1.807, 2.05) is 0 Å². The largest absolute Gasteiger partial charge is 0.417 e. The number of carbonyl (C=O) groups is 1. The van der Waals surface area contributed by atoms with E-state index in [2.05, 4.69) is 20.8 Å². The molecule has 0 atom stereocenters. The Morgan fingerprint density at radius 3 is 2.81 bits per heavy atom. The van der Waals surface area contributed by atoms with E-state index in [1.54, 1.807) is 16.6 Å². The first kappa shape index (κ1) is 18.6. The quantitative estimate of drug-likeness (QED) is 0.823. The maximum atomic E-state index is 12.9. The van der Waals surface area contributed by atoms with Crippen molar-refractivity contribution >= 4 is 23.2 Å². The molecule has 140 valence electrons. The number of hydrogen-bond donors (Lipinski definition) is 1. The van der Waals surface area contributed by atoms with Gasteiger partial charge in [0.15, 0.2) is 5.82 Å². The molecule has 3 rings (SSSR count). The molecule has 0 spiro atoms. The first-order chi connectivity index (χ1) is 12.2. The predicted octanol–water partition coefficient (Wildman–Crippen LogP) is 2.75. The van der Waals surface area contributed by atoms with Crippen LogP contribution in [0.3, 0.4) is 0 Å². The zero-order valence-electron chi connectivity index (χ0n) is 13.8.